The summed E-state index contributed by atoms with van der Waals surface area (Å²) in [5.41, 5.74) is -0.293. The second-order valence-corrected chi connectivity index (χ2v) is 5.19. The number of methoxy groups -OCH3 is 1. The van der Waals surface area contributed by atoms with Crippen LogP contribution in [0.4, 0.5) is 4.79 Å². The fourth-order valence-corrected chi connectivity index (χ4v) is 2.16. The molecule has 1 saturated heterocycles. The minimum Gasteiger partial charge on any atom is -0.480 e. The Morgan fingerprint density at radius 1 is 1.42 bits per heavy atom. The molecule has 1 heterocycles. The van der Waals surface area contributed by atoms with Gasteiger partial charge in [0.05, 0.1) is 13.5 Å². The maximum atomic E-state index is 12.0. The van der Waals surface area contributed by atoms with Crippen molar-refractivity contribution in [1.29, 1.82) is 0 Å². The van der Waals surface area contributed by atoms with Crippen molar-refractivity contribution in [2.75, 3.05) is 13.7 Å². The summed E-state index contributed by atoms with van der Waals surface area (Å²) in [7, 11) is 1.17. The number of amides is 2. The van der Waals surface area contributed by atoms with Crippen molar-refractivity contribution >= 4 is 18.0 Å². The van der Waals surface area contributed by atoms with Crippen LogP contribution in [0, 0.1) is 0 Å². The lowest BCUT2D eigenvalue weighted by Gasteiger charge is -2.32. The first kappa shape index (κ1) is 15.3. The summed E-state index contributed by atoms with van der Waals surface area (Å²) in [5, 5.41) is 11.4. The van der Waals surface area contributed by atoms with Gasteiger partial charge in [0.2, 0.25) is 0 Å². The third kappa shape index (κ3) is 3.84. The first-order chi connectivity index (χ1) is 8.77. The molecule has 7 nitrogen and oxygen atoms in total. The van der Waals surface area contributed by atoms with Gasteiger partial charge in [-0.2, -0.15) is 0 Å². The minimum atomic E-state index is -1.27. The van der Waals surface area contributed by atoms with E-state index in [1.807, 2.05) is 13.8 Å². The Hall–Kier alpha value is -1.79. The first-order valence-corrected chi connectivity index (χ1v) is 6.15. The zero-order valence-corrected chi connectivity index (χ0v) is 11.4. The summed E-state index contributed by atoms with van der Waals surface area (Å²) in [4.78, 5) is 35.8. The van der Waals surface area contributed by atoms with Crippen molar-refractivity contribution in [3.8, 4) is 0 Å². The topological polar surface area (TPSA) is 95.9 Å². The van der Waals surface area contributed by atoms with Crippen molar-refractivity contribution in [2.24, 2.45) is 0 Å². The molecule has 0 aromatic heterocycles. The van der Waals surface area contributed by atoms with E-state index in [-0.39, 0.29) is 12.0 Å². The van der Waals surface area contributed by atoms with E-state index in [2.05, 4.69) is 10.1 Å². The van der Waals surface area contributed by atoms with Crippen LogP contribution >= 0.6 is 0 Å². The van der Waals surface area contributed by atoms with E-state index in [1.54, 1.807) is 4.90 Å². The molecule has 1 aliphatic rings. The molecule has 0 spiro atoms. The third-order valence-electron chi connectivity index (χ3n) is 3.34. The van der Waals surface area contributed by atoms with Gasteiger partial charge in [0.25, 0.3) is 0 Å². The molecule has 0 radical (unpaired) electrons. The van der Waals surface area contributed by atoms with Crippen LogP contribution in [0.25, 0.3) is 0 Å². The molecule has 1 rings (SSSR count). The lowest BCUT2D eigenvalue weighted by Crippen LogP contribution is -2.53. The van der Waals surface area contributed by atoms with Crippen molar-refractivity contribution in [3.63, 3.8) is 0 Å². The van der Waals surface area contributed by atoms with Crippen LogP contribution in [-0.2, 0) is 14.3 Å². The van der Waals surface area contributed by atoms with Gasteiger partial charge in [-0.15, -0.1) is 0 Å². The van der Waals surface area contributed by atoms with Gasteiger partial charge in [-0.3, -0.25) is 4.79 Å². The fraction of sp³-hybridized carbons (Fsp3) is 0.750. The number of nitrogens with zero attached hydrogens (tertiary/aromatic N) is 1. The molecule has 2 N–H and O–H groups in total. The number of carbonyl (C=O) groups is 3. The number of carbonyl (C=O) groups excluding carboxylic acids is 2. The zero-order chi connectivity index (χ0) is 14.6. The number of rotatable bonds is 4. The Balaban J connectivity index is 2.66. The van der Waals surface area contributed by atoms with E-state index in [0.29, 0.717) is 6.54 Å². The molecule has 0 bridgehead atoms. The second kappa shape index (κ2) is 5.90. The largest absolute Gasteiger partial charge is 0.480 e. The molecular formula is C12H20N2O5. The number of hydrogen-bond donors (Lipinski definition) is 2. The number of hydrogen-bond acceptors (Lipinski definition) is 4. The first-order valence-electron chi connectivity index (χ1n) is 6.15. The van der Waals surface area contributed by atoms with Gasteiger partial charge in [-0.05, 0) is 26.7 Å². The normalized spacial score (nSPS) is 18.8. The van der Waals surface area contributed by atoms with Crippen LogP contribution in [0.3, 0.4) is 0 Å². The maximum absolute atomic E-state index is 12.0. The van der Waals surface area contributed by atoms with Crippen molar-refractivity contribution in [3.05, 3.63) is 0 Å². The molecule has 1 fully saturated rings. The quantitative estimate of drug-likeness (QED) is 0.730. The van der Waals surface area contributed by atoms with E-state index in [0.717, 1.165) is 12.8 Å². The zero-order valence-electron chi connectivity index (χ0n) is 11.4. The van der Waals surface area contributed by atoms with E-state index < -0.39 is 24.0 Å². The van der Waals surface area contributed by atoms with Gasteiger partial charge in [0, 0.05) is 12.1 Å². The molecular weight excluding hydrogens is 252 g/mol. The summed E-state index contributed by atoms with van der Waals surface area (Å²) in [5.74, 6) is -1.93. The summed E-state index contributed by atoms with van der Waals surface area (Å²) in [6, 6.07) is -1.73. The summed E-state index contributed by atoms with van der Waals surface area (Å²) in [6.07, 6.45) is 1.37. The number of carboxylic acids is 1. The lowest BCUT2D eigenvalue weighted by atomic mass is 10.0. The van der Waals surface area contributed by atoms with Crippen LogP contribution in [-0.4, -0.2) is 53.2 Å². The van der Waals surface area contributed by atoms with Crippen LogP contribution in [0.1, 0.15) is 33.1 Å². The molecule has 0 saturated carbocycles. The molecule has 19 heavy (non-hydrogen) atoms. The van der Waals surface area contributed by atoms with Gasteiger partial charge < -0.3 is 20.1 Å². The van der Waals surface area contributed by atoms with Crippen molar-refractivity contribution in [1.82, 2.24) is 10.2 Å². The fourth-order valence-electron chi connectivity index (χ4n) is 2.16. The van der Waals surface area contributed by atoms with Crippen molar-refractivity contribution < 1.29 is 24.2 Å². The molecule has 0 aromatic rings. The van der Waals surface area contributed by atoms with Crippen LogP contribution < -0.4 is 5.32 Å². The van der Waals surface area contributed by atoms with Gasteiger partial charge in [-0.25, -0.2) is 9.59 Å². The molecule has 0 unspecified atom stereocenters. The number of esters is 1. The predicted octanol–water partition coefficient (Wildman–Crippen LogP) is 0.587. The standard InChI is InChI=1S/C12H20N2O5/c1-12(2)5-4-6-14(12)11(18)13-8(10(16)17)7-9(15)19-3/h8H,4-7H2,1-3H3,(H,13,18)(H,16,17)/t8-/m0/s1. The van der Waals surface area contributed by atoms with E-state index in [4.69, 9.17) is 5.11 Å². The molecule has 108 valence electrons. The average molecular weight is 272 g/mol. The van der Waals surface area contributed by atoms with Crippen LogP contribution in [0.5, 0.6) is 0 Å². The van der Waals surface area contributed by atoms with Crippen LogP contribution in [0.15, 0.2) is 0 Å². The third-order valence-corrected chi connectivity index (χ3v) is 3.34. The number of likely N-dealkylation sites (tertiary alicyclic amines) is 1. The number of nitrogens with one attached hydrogen (secondary N) is 1. The highest BCUT2D eigenvalue weighted by Gasteiger charge is 2.37. The van der Waals surface area contributed by atoms with Gasteiger partial charge in [0.1, 0.15) is 6.04 Å². The SMILES string of the molecule is COC(=O)C[C@H](NC(=O)N1CCCC1(C)C)C(=O)O. The van der Waals surface area contributed by atoms with E-state index >= 15 is 0 Å². The molecule has 2 amide bonds. The smallest absolute Gasteiger partial charge is 0.326 e. The molecule has 1 atom stereocenters. The minimum absolute atomic E-state index is 0.293. The number of urea groups is 1. The lowest BCUT2D eigenvalue weighted by molar-refractivity contribution is -0.147. The highest BCUT2D eigenvalue weighted by Crippen LogP contribution is 2.28. The van der Waals surface area contributed by atoms with Crippen molar-refractivity contribution in [2.45, 2.75) is 44.7 Å². The van der Waals surface area contributed by atoms with Gasteiger partial charge in [-0.1, -0.05) is 0 Å². The molecule has 0 aromatic carbocycles. The second-order valence-electron chi connectivity index (χ2n) is 5.19. The van der Waals surface area contributed by atoms with E-state index in [9.17, 15) is 14.4 Å². The number of carboxylic acid groups (broad SMARTS) is 1. The molecule has 0 aliphatic carbocycles. The average Bonchev–Trinajstić information content (AvgIpc) is 2.67. The summed E-state index contributed by atoms with van der Waals surface area (Å²) in [6.45, 7) is 4.44. The highest BCUT2D eigenvalue weighted by molar-refractivity contribution is 5.86. The number of ether oxygens (including phenoxy) is 1. The monoisotopic (exact) mass is 272 g/mol. The van der Waals surface area contributed by atoms with Crippen LogP contribution in [0.2, 0.25) is 0 Å². The summed E-state index contributed by atoms with van der Waals surface area (Å²) >= 11 is 0. The van der Waals surface area contributed by atoms with Gasteiger partial charge >= 0.3 is 18.0 Å². The Morgan fingerprint density at radius 2 is 2.05 bits per heavy atom. The molecule has 1 aliphatic heterocycles. The van der Waals surface area contributed by atoms with E-state index in [1.165, 1.54) is 7.11 Å². The Bertz CT molecular complexity index is 380. The maximum Gasteiger partial charge on any atom is 0.326 e. The Kier molecular flexibility index (Phi) is 4.74. The Morgan fingerprint density at radius 3 is 2.47 bits per heavy atom. The molecule has 7 heteroatoms. The van der Waals surface area contributed by atoms with Gasteiger partial charge in [0.15, 0.2) is 0 Å². The summed E-state index contributed by atoms with van der Waals surface area (Å²) < 4.78 is 4.41. The Labute approximate surface area is 111 Å². The highest BCUT2D eigenvalue weighted by atomic mass is 16.5. The number of aliphatic carboxylic acids is 1. The predicted molar refractivity (Wildman–Crippen MR) is 66.6 cm³/mol.